The monoisotopic (exact) mass is 341 g/mol. The highest BCUT2D eigenvalue weighted by Gasteiger charge is 2.27. The number of carbonyl (C=O) groups is 1. The Kier molecular flexibility index (Phi) is 15.6. The first-order valence-corrected chi connectivity index (χ1v) is 10.4. The van der Waals surface area contributed by atoms with Crippen LogP contribution in [0.2, 0.25) is 0 Å². The molecule has 0 saturated heterocycles. The second-order valence-electron chi connectivity index (χ2n) is 7.43. The molecule has 0 spiro atoms. The van der Waals surface area contributed by atoms with Crippen LogP contribution in [0.3, 0.4) is 0 Å². The maximum absolute atomic E-state index is 11.7. The predicted octanol–water partition coefficient (Wildman–Crippen LogP) is 5.71. The van der Waals surface area contributed by atoms with Crippen LogP contribution in [0.4, 0.5) is 0 Å². The van der Waals surface area contributed by atoms with Crippen molar-refractivity contribution in [1.29, 1.82) is 0 Å². The molecule has 3 unspecified atom stereocenters. The molecule has 0 aliphatic heterocycles. The molecular weight excluding hydrogens is 298 g/mol. The first kappa shape index (κ1) is 23.4. The lowest BCUT2D eigenvalue weighted by Crippen LogP contribution is -2.32. The van der Waals surface area contributed by atoms with Crippen molar-refractivity contribution in [3.05, 3.63) is 0 Å². The summed E-state index contributed by atoms with van der Waals surface area (Å²) in [5, 5.41) is 0. The van der Waals surface area contributed by atoms with Crippen molar-refractivity contribution >= 4 is 5.91 Å². The topological polar surface area (TPSA) is 52.3 Å². The zero-order valence-corrected chi connectivity index (χ0v) is 16.8. The fourth-order valence-corrected chi connectivity index (χ4v) is 3.85. The standard InChI is InChI=1S/C21H43NO2/c1-5-7-12-15-19(18(3)20(6-2)21(22)23)16-13-10-8-9-11-14-17-24-4/h18-20H,5-17H2,1-4H3,(H2,22,23). The molecule has 0 radical (unpaired) electrons. The van der Waals surface area contributed by atoms with Crippen LogP contribution in [-0.2, 0) is 9.53 Å². The van der Waals surface area contributed by atoms with Gasteiger partial charge in [0.2, 0.25) is 5.91 Å². The van der Waals surface area contributed by atoms with E-state index in [4.69, 9.17) is 10.5 Å². The molecule has 1 amide bonds. The summed E-state index contributed by atoms with van der Waals surface area (Å²) >= 11 is 0. The molecule has 0 rings (SSSR count). The van der Waals surface area contributed by atoms with E-state index in [1.807, 2.05) is 0 Å². The number of ether oxygens (including phenoxy) is 1. The second kappa shape index (κ2) is 15.9. The fraction of sp³-hybridized carbons (Fsp3) is 0.952. The van der Waals surface area contributed by atoms with Gasteiger partial charge in [0.15, 0.2) is 0 Å². The van der Waals surface area contributed by atoms with Gasteiger partial charge in [-0.3, -0.25) is 4.79 Å². The largest absolute Gasteiger partial charge is 0.385 e. The second-order valence-corrected chi connectivity index (χ2v) is 7.43. The number of unbranched alkanes of at least 4 members (excludes halogenated alkanes) is 7. The SMILES string of the molecule is CCCCCC(CCCCCCCCOC)C(C)C(CC)C(N)=O. The minimum absolute atomic E-state index is 0.0469. The van der Waals surface area contributed by atoms with E-state index in [-0.39, 0.29) is 11.8 Å². The summed E-state index contributed by atoms with van der Waals surface area (Å²) in [6, 6.07) is 0. The summed E-state index contributed by atoms with van der Waals surface area (Å²) < 4.78 is 5.09. The van der Waals surface area contributed by atoms with Gasteiger partial charge >= 0.3 is 0 Å². The molecule has 0 aliphatic carbocycles. The lowest BCUT2D eigenvalue weighted by Gasteiger charge is -2.29. The van der Waals surface area contributed by atoms with E-state index < -0.39 is 0 Å². The van der Waals surface area contributed by atoms with Gasteiger partial charge in [-0.25, -0.2) is 0 Å². The first-order valence-electron chi connectivity index (χ1n) is 10.4. The van der Waals surface area contributed by atoms with Crippen molar-refractivity contribution < 1.29 is 9.53 Å². The molecule has 0 aromatic heterocycles. The minimum Gasteiger partial charge on any atom is -0.385 e. The summed E-state index contributed by atoms with van der Waals surface area (Å²) in [6.45, 7) is 7.48. The zero-order chi connectivity index (χ0) is 18.2. The Morgan fingerprint density at radius 2 is 1.46 bits per heavy atom. The number of carbonyl (C=O) groups excluding carboxylic acids is 1. The third-order valence-corrected chi connectivity index (χ3v) is 5.54. The summed E-state index contributed by atoms with van der Waals surface area (Å²) in [4.78, 5) is 11.7. The highest BCUT2D eigenvalue weighted by atomic mass is 16.5. The number of primary amides is 1. The lowest BCUT2D eigenvalue weighted by molar-refractivity contribution is -0.124. The molecule has 2 N–H and O–H groups in total. The quantitative estimate of drug-likeness (QED) is 0.345. The number of amides is 1. The zero-order valence-electron chi connectivity index (χ0n) is 16.8. The molecule has 144 valence electrons. The first-order chi connectivity index (χ1) is 11.6. The molecule has 0 fully saturated rings. The number of nitrogens with two attached hydrogens (primary N) is 1. The molecule has 0 aromatic rings. The van der Waals surface area contributed by atoms with Crippen LogP contribution in [-0.4, -0.2) is 19.6 Å². The van der Waals surface area contributed by atoms with Gasteiger partial charge in [-0.05, 0) is 24.7 Å². The molecule has 0 aromatic carbocycles. The Morgan fingerprint density at radius 1 is 0.917 bits per heavy atom. The number of methoxy groups -OCH3 is 1. The molecule has 0 bridgehead atoms. The van der Waals surface area contributed by atoms with Crippen LogP contribution in [0, 0.1) is 17.8 Å². The third kappa shape index (κ3) is 11.1. The van der Waals surface area contributed by atoms with E-state index in [9.17, 15) is 4.79 Å². The van der Waals surface area contributed by atoms with Crippen molar-refractivity contribution in [3.63, 3.8) is 0 Å². The molecule has 0 aliphatic rings. The van der Waals surface area contributed by atoms with Gasteiger partial charge in [0, 0.05) is 19.6 Å². The van der Waals surface area contributed by atoms with Gasteiger partial charge in [0.1, 0.15) is 0 Å². The smallest absolute Gasteiger partial charge is 0.220 e. The Morgan fingerprint density at radius 3 is 1.96 bits per heavy atom. The van der Waals surface area contributed by atoms with E-state index in [2.05, 4.69) is 20.8 Å². The van der Waals surface area contributed by atoms with Crippen LogP contribution in [0.15, 0.2) is 0 Å². The molecular formula is C21H43NO2. The van der Waals surface area contributed by atoms with Crippen LogP contribution in [0.25, 0.3) is 0 Å². The Labute approximate surface area is 151 Å². The van der Waals surface area contributed by atoms with Crippen molar-refractivity contribution in [2.45, 2.75) is 97.8 Å². The van der Waals surface area contributed by atoms with E-state index in [0.717, 1.165) is 13.0 Å². The number of hydrogen-bond acceptors (Lipinski definition) is 2. The molecule has 0 saturated carbocycles. The average molecular weight is 342 g/mol. The summed E-state index contributed by atoms with van der Waals surface area (Å²) in [7, 11) is 1.77. The van der Waals surface area contributed by atoms with Gasteiger partial charge in [0.25, 0.3) is 0 Å². The summed E-state index contributed by atoms with van der Waals surface area (Å²) in [6.07, 6.45) is 15.0. The van der Waals surface area contributed by atoms with Gasteiger partial charge in [-0.2, -0.15) is 0 Å². The summed E-state index contributed by atoms with van der Waals surface area (Å²) in [5.74, 6) is 1.02. The van der Waals surface area contributed by atoms with Gasteiger partial charge in [-0.15, -0.1) is 0 Å². The van der Waals surface area contributed by atoms with Crippen molar-refractivity contribution in [3.8, 4) is 0 Å². The molecule has 0 heterocycles. The highest BCUT2D eigenvalue weighted by Crippen LogP contribution is 2.32. The molecule has 3 atom stereocenters. The van der Waals surface area contributed by atoms with Gasteiger partial charge < -0.3 is 10.5 Å². The van der Waals surface area contributed by atoms with Crippen molar-refractivity contribution in [1.82, 2.24) is 0 Å². The average Bonchev–Trinajstić information content (AvgIpc) is 2.55. The fourth-order valence-electron chi connectivity index (χ4n) is 3.85. The van der Waals surface area contributed by atoms with Crippen molar-refractivity contribution in [2.24, 2.45) is 23.5 Å². The van der Waals surface area contributed by atoms with Crippen LogP contribution < -0.4 is 5.73 Å². The number of rotatable bonds is 17. The highest BCUT2D eigenvalue weighted by molar-refractivity contribution is 5.76. The molecule has 3 nitrogen and oxygen atoms in total. The van der Waals surface area contributed by atoms with Gasteiger partial charge in [-0.1, -0.05) is 85.0 Å². The minimum atomic E-state index is -0.108. The maximum atomic E-state index is 11.7. The van der Waals surface area contributed by atoms with Crippen LogP contribution in [0.5, 0.6) is 0 Å². The van der Waals surface area contributed by atoms with Crippen LogP contribution >= 0.6 is 0 Å². The summed E-state index contributed by atoms with van der Waals surface area (Å²) in [5.41, 5.74) is 5.63. The van der Waals surface area contributed by atoms with E-state index in [1.165, 1.54) is 70.6 Å². The Hall–Kier alpha value is -0.570. The van der Waals surface area contributed by atoms with Crippen molar-refractivity contribution in [2.75, 3.05) is 13.7 Å². The molecule has 24 heavy (non-hydrogen) atoms. The lowest BCUT2D eigenvalue weighted by atomic mass is 9.76. The Bertz CT molecular complexity index is 294. The van der Waals surface area contributed by atoms with Crippen LogP contribution in [0.1, 0.15) is 97.8 Å². The predicted molar refractivity (Wildman–Crippen MR) is 104 cm³/mol. The van der Waals surface area contributed by atoms with E-state index in [0.29, 0.717) is 11.8 Å². The van der Waals surface area contributed by atoms with E-state index >= 15 is 0 Å². The number of hydrogen-bond donors (Lipinski definition) is 1. The maximum Gasteiger partial charge on any atom is 0.220 e. The molecule has 3 heteroatoms. The normalized spacial score (nSPS) is 15.2. The van der Waals surface area contributed by atoms with Gasteiger partial charge in [0.05, 0.1) is 0 Å². The Balaban J connectivity index is 4.18. The third-order valence-electron chi connectivity index (χ3n) is 5.54. The van der Waals surface area contributed by atoms with E-state index in [1.54, 1.807) is 7.11 Å².